The highest BCUT2D eigenvalue weighted by atomic mass is 19.1. The molecule has 0 aliphatic carbocycles. The summed E-state index contributed by atoms with van der Waals surface area (Å²) in [4.78, 5) is 18.8. The number of hydrogen-bond acceptors (Lipinski definition) is 3. The Morgan fingerprint density at radius 1 is 1.29 bits per heavy atom. The van der Waals surface area contributed by atoms with Gasteiger partial charge in [-0.3, -0.25) is 14.6 Å². The van der Waals surface area contributed by atoms with E-state index in [4.69, 9.17) is 0 Å². The zero-order valence-electron chi connectivity index (χ0n) is 15.2. The SMILES string of the molecule is CCN(CC)CC(=O)N(C)C1CCCN(Cc2ccccc2F)C1. The Kier molecular flexibility index (Phi) is 7.18. The zero-order valence-corrected chi connectivity index (χ0v) is 15.2. The van der Waals surface area contributed by atoms with Gasteiger partial charge >= 0.3 is 0 Å². The minimum absolute atomic E-state index is 0.148. The molecule has 1 aromatic rings. The molecule has 1 atom stereocenters. The van der Waals surface area contributed by atoms with Gasteiger partial charge in [-0.25, -0.2) is 4.39 Å². The van der Waals surface area contributed by atoms with Crippen LogP contribution in [0.3, 0.4) is 0 Å². The lowest BCUT2D eigenvalue weighted by Crippen LogP contribution is -2.50. The maximum Gasteiger partial charge on any atom is 0.236 e. The molecule has 1 unspecified atom stereocenters. The Morgan fingerprint density at radius 2 is 2.00 bits per heavy atom. The number of hydrogen-bond donors (Lipinski definition) is 0. The van der Waals surface area contributed by atoms with E-state index in [0.29, 0.717) is 13.1 Å². The third kappa shape index (κ3) is 5.02. The van der Waals surface area contributed by atoms with Crippen LogP contribution in [0.5, 0.6) is 0 Å². The zero-order chi connectivity index (χ0) is 17.5. The van der Waals surface area contributed by atoms with Gasteiger partial charge in [0, 0.05) is 31.7 Å². The van der Waals surface area contributed by atoms with Crippen molar-refractivity contribution < 1.29 is 9.18 Å². The van der Waals surface area contributed by atoms with E-state index in [1.165, 1.54) is 6.07 Å². The topological polar surface area (TPSA) is 26.8 Å². The van der Waals surface area contributed by atoms with Gasteiger partial charge in [0.15, 0.2) is 0 Å². The van der Waals surface area contributed by atoms with E-state index in [1.54, 1.807) is 6.07 Å². The molecule has 24 heavy (non-hydrogen) atoms. The molecule has 134 valence electrons. The van der Waals surface area contributed by atoms with E-state index in [1.807, 2.05) is 24.1 Å². The third-order valence-electron chi connectivity index (χ3n) is 5.03. The summed E-state index contributed by atoms with van der Waals surface area (Å²) in [6.07, 6.45) is 2.07. The molecule has 0 saturated carbocycles. The first-order valence-electron chi connectivity index (χ1n) is 8.98. The standard InChI is InChI=1S/C19H30FN3O/c1-4-22(5-2)15-19(24)21(3)17-10-8-12-23(14-17)13-16-9-6-7-11-18(16)20/h6-7,9,11,17H,4-5,8,10,12-15H2,1-3H3. The predicted octanol–water partition coefficient (Wildman–Crippen LogP) is 2.59. The molecule has 5 heteroatoms. The lowest BCUT2D eigenvalue weighted by atomic mass is 10.0. The van der Waals surface area contributed by atoms with Gasteiger partial charge in [0.25, 0.3) is 0 Å². The monoisotopic (exact) mass is 335 g/mol. The van der Waals surface area contributed by atoms with Crippen LogP contribution in [-0.4, -0.2) is 66.4 Å². The summed E-state index contributed by atoms with van der Waals surface area (Å²) in [5, 5.41) is 0. The van der Waals surface area contributed by atoms with Crippen LogP contribution in [0, 0.1) is 5.82 Å². The second-order valence-electron chi connectivity index (χ2n) is 6.59. The van der Waals surface area contributed by atoms with Crippen molar-refractivity contribution in [3.8, 4) is 0 Å². The van der Waals surface area contributed by atoms with Crippen LogP contribution in [0.25, 0.3) is 0 Å². The van der Waals surface area contributed by atoms with Crippen LogP contribution in [0.4, 0.5) is 4.39 Å². The molecule has 0 spiro atoms. The van der Waals surface area contributed by atoms with Crippen molar-refractivity contribution >= 4 is 5.91 Å². The summed E-state index contributed by atoms with van der Waals surface area (Å²) in [5.74, 6) is 0.0297. The molecule has 1 heterocycles. The summed E-state index contributed by atoms with van der Waals surface area (Å²) >= 11 is 0. The predicted molar refractivity (Wildman–Crippen MR) is 95.3 cm³/mol. The first-order valence-corrected chi connectivity index (χ1v) is 8.98. The van der Waals surface area contributed by atoms with E-state index in [0.717, 1.165) is 44.6 Å². The number of carbonyl (C=O) groups excluding carboxylic acids is 1. The summed E-state index contributed by atoms with van der Waals surface area (Å²) in [6, 6.07) is 7.16. The highest BCUT2D eigenvalue weighted by Crippen LogP contribution is 2.18. The number of halogens is 1. The van der Waals surface area contributed by atoms with Gasteiger partial charge in [-0.05, 0) is 38.5 Å². The first kappa shape index (κ1) is 18.9. The molecular formula is C19H30FN3O. The Hall–Kier alpha value is -1.46. The molecule has 1 fully saturated rings. The van der Waals surface area contributed by atoms with Crippen molar-refractivity contribution in [2.24, 2.45) is 0 Å². The van der Waals surface area contributed by atoms with Crippen LogP contribution in [-0.2, 0) is 11.3 Å². The molecule has 0 radical (unpaired) electrons. The van der Waals surface area contributed by atoms with Crippen molar-refractivity contribution in [2.75, 3.05) is 39.8 Å². The minimum atomic E-state index is -0.148. The smallest absolute Gasteiger partial charge is 0.236 e. The van der Waals surface area contributed by atoms with Crippen molar-refractivity contribution in [1.82, 2.24) is 14.7 Å². The number of amides is 1. The molecule has 0 N–H and O–H groups in total. The average Bonchev–Trinajstić information content (AvgIpc) is 2.61. The van der Waals surface area contributed by atoms with Crippen LogP contribution in [0.2, 0.25) is 0 Å². The molecule has 1 aliphatic heterocycles. The number of rotatable bonds is 7. The largest absolute Gasteiger partial charge is 0.340 e. The summed E-state index contributed by atoms with van der Waals surface area (Å²) in [5.41, 5.74) is 0.732. The summed E-state index contributed by atoms with van der Waals surface area (Å²) in [6.45, 7) is 8.80. The number of piperidine rings is 1. The number of likely N-dealkylation sites (N-methyl/N-ethyl adjacent to an activating group) is 2. The van der Waals surface area contributed by atoms with Gasteiger partial charge in [0.05, 0.1) is 6.54 Å². The van der Waals surface area contributed by atoms with Gasteiger partial charge in [-0.1, -0.05) is 32.0 Å². The second-order valence-corrected chi connectivity index (χ2v) is 6.59. The Bertz CT molecular complexity index is 533. The van der Waals surface area contributed by atoms with E-state index >= 15 is 0 Å². The molecule has 2 rings (SSSR count). The second kappa shape index (κ2) is 9.14. The molecule has 1 saturated heterocycles. The molecule has 0 bridgehead atoms. The Labute approximate surface area is 145 Å². The van der Waals surface area contributed by atoms with Crippen LogP contribution >= 0.6 is 0 Å². The van der Waals surface area contributed by atoms with Crippen molar-refractivity contribution in [3.05, 3.63) is 35.6 Å². The van der Waals surface area contributed by atoms with Gasteiger partial charge < -0.3 is 4.90 Å². The number of nitrogens with zero attached hydrogens (tertiary/aromatic N) is 3. The van der Waals surface area contributed by atoms with E-state index in [-0.39, 0.29) is 17.8 Å². The molecular weight excluding hydrogens is 305 g/mol. The molecule has 4 nitrogen and oxygen atoms in total. The van der Waals surface area contributed by atoms with E-state index in [9.17, 15) is 9.18 Å². The number of carbonyl (C=O) groups is 1. The Morgan fingerprint density at radius 3 is 2.67 bits per heavy atom. The van der Waals surface area contributed by atoms with E-state index in [2.05, 4.69) is 23.6 Å². The van der Waals surface area contributed by atoms with Gasteiger partial charge in [-0.15, -0.1) is 0 Å². The van der Waals surface area contributed by atoms with Gasteiger partial charge in [0.1, 0.15) is 5.82 Å². The lowest BCUT2D eigenvalue weighted by Gasteiger charge is -2.38. The van der Waals surface area contributed by atoms with Crippen molar-refractivity contribution in [3.63, 3.8) is 0 Å². The highest BCUT2D eigenvalue weighted by molar-refractivity contribution is 5.78. The van der Waals surface area contributed by atoms with Crippen molar-refractivity contribution in [2.45, 2.75) is 39.3 Å². The quantitative estimate of drug-likeness (QED) is 0.766. The Balaban J connectivity index is 1.92. The average molecular weight is 335 g/mol. The summed E-state index contributed by atoms with van der Waals surface area (Å²) in [7, 11) is 1.91. The molecule has 0 aromatic heterocycles. The molecule has 1 aliphatic rings. The van der Waals surface area contributed by atoms with Gasteiger partial charge in [0.2, 0.25) is 5.91 Å². The van der Waals surface area contributed by atoms with Gasteiger partial charge in [-0.2, -0.15) is 0 Å². The van der Waals surface area contributed by atoms with Crippen LogP contribution < -0.4 is 0 Å². The van der Waals surface area contributed by atoms with Crippen LogP contribution in [0.15, 0.2) is 24.3 Å². The maximum absolute atomic E-state index is 13.9. The van der Waals surface area contributed by atoms with E-state index < -0.39 is 0 Å². The van der Waals surface area contributed by atoms with Crippen LogP contribution in [0.1, 0.15) is 32.3 Å². The fourth-order valence-electron chi connectivity index (χ4n) is 3.31. The summed E-state index contributed by atoms with van der Waals surface area (Å²) < 4.78 is 13.9. The third-order valence-corrected chi connectivity index (χ3v) is 5.03. The number of likely N-dealkylation sites (tertiary alicyclic amines) is 1. The fraction of sp³-hybridized carbons (Fsp3) is 0.632. The molecule has 1 amide bonds. The lowest BCUT2D eigenvalue weighted by molar-refractivity contribution is -0.134. The highest BCUT2D eigenvalue weighted by Gasteiger charge is 2.26. The first-order chi connectivity index (χ1) is 11.5. The van der Waals surface area contributed by atoms with Crippen molar-refractivity contribution in [1.29, 1.82) is 0 Å². The fourth-order valence-corrected chi connectivity index (χ4v) is 3.31. The number of benzene rings is 1. The minimum Gasteiger partial charge on any atom is -0.340 e. The molecule has 1 aromatic carbocycles. The maximum atomic E-state index is 13.9. The normalized spacial score (nSPS) is 18.8.